The van der Waals surface area contributed by atoms with Crippen molar-refractivity contribution in [1.29, 1.82) is 0 Å². The van der Waals surface area contributed by atoms with E-state index in [1.54, 1.807) is 16.9 Å². The van der Waals surface area contributed by atoms with Gasteiger partial charge in [-0.25, -0.2) is 0 Å². The van der Waals surface area contributed by atoms with Crippen molar-refractivity contribution in [2.75, 3.05) is 20.3 Å². The molecule has 2 heterocycles. The van der Waals surface area contributed by atoms with E-state index in [9.17, 15) is 14.4 Å². The molecule has 3 amide bonds. The summed E-state index contributed by atoms with van der Waals surface area (Å²) in [6.45, 7) is 8.23. The number of ether oxygens (including phenoxy) is 1. The van der Waals surface area contributed by atoms with Gasteiger partial charge in [0.15, 0.2) is 0 Å². The Balaban J connectivity index is 1.39. The number of likely N-dealkylation sites (tertiary alicyclic amines) is 1. The molecule has 0 aromatic heterocycles. The number of hydrogen-bond acceptors (Lipinski definition) is 4. The molecule has 2 aliphatic rings. The Bertz CT molecular complexity index is 1130. The van der Waals surface area contributed by atoms with E-state index >= 15 is 0 Å². The van der Waals surface area contributed by atoms with Crippen LogP contribution in [0.3, 0.4) is 0 Å². The summed E-state index contributed by atoms with van der Waals surface area (Å²) >= 11 is 0. The molecule has 1 N–H and O–H groups in total. The number of fused-ring (bicyclic) bond motifs is 1. The van der Waals surface area contributed by atoms with Crippen LogP contribution >= 0.6 is 0 Å². The molecule has 1 saturated heterocycles. The number of carbonyl (C=O) groups is 3. The van der Waals surface area contributed by atoms with E-state index in [0.717, 1.165) is 37.0 Å². The molecule has 4 rings (SSSR count). The zero-order valence-corrected chi connectivity index (χ0v) is 23.1. The fraction of sp³-hybridized carbons (Fsp3) is 0.516. The third-order valence-electron chi connectivity index (χ3n) is 7.99. The number of carbonyl (C=O) groups excluding carboxylic acids is 3. The molecule has 0 saturated carbocycles. The van der Waals surface area contributed by atoms with Gasteiger partial charge in [-0.05, 0) is 60.3 Å². The number of rotatable bonds is 11. The topological polar surface area (TPSA) is 79.0 Å². The van der Waals surface area contributed by atoms with Crippen LogP contribution < -0.4 is 5.32 Å². The predicted octanol–water partition coefficient (Wildman–Crippen LogP) is 4.50. The molecule has 7 heteroatoms. The summed E-state index contributed by atoms with van der Waals surface area (Å²) in [4.78, 5) is 43.6. The Morgan fingerprint density at radius 3 is 2.50 bits per heavy atom. The first-order valence-corrected chi connectivity index (χ1v) is 13.9. The lowest BCUT2D eigenvalue weighted by atomic mass is 9.93. The molecule has 0 bridgehead atoms. The summed E-state index contributed by atoms with van der Waals surface area (Å²) in [6, 6.07) is 14.8. The molecular formula is C31H41N3O4. The average Bonchev–Trinajstić information content (AvgIpc) is 3.54. The molecule has 38 heavy (non-hydrogen) atoms. The molecule has 2 aliphatic heterocycles. The normalized spacial score (nSPS) is 18.6. The molecule has 1 fully saturated rings. The minimum Gasteiger partial charge on any atom is -0.385 e. The van der Waals surface area contributed by atoms with Gasteiger partial charge in [0.25, 0.3) is 5.91 Å². The summed E-state index contributed by atoms with van der Waals surface area (Å²) < 4.78 is 5.24. The minimum absolute atomic E-state index is 0.0700. The van der Waals surface area contributed by atoms with E-state index in [0.29, 0.717) is 37.5 Å². The molecule has 3 unspecified atom stereocenters. The van der Waals surface area contributed by atoms with E-state index in [4.69, 9.17) is 4.74 Å². The van der Waals surface area contributed by atoms with Crippen molar-refractivity contribution in [3.8, 4) is 0 Å². The minimum atomic E-state index is -0.597. The fourth-order valence-electron chi connectivity index (χ4n) is 5.83. The average molecular weight is 520 g/mol. The number of nitrogens with one attached hydrogen (secondary N) is 1. The van der Waals surface area contributed by atoms with Crippen LogP contribution in [0.4, 0.5) is 0 Å². The Labute approximate surface area is 226 Å². The molecule has 3 atom stereocenters. The summed E-state index contributed by atoms with van der Waals surface area (Å²) in [5.74, 6) is 0.0129. The largest absolute Gasteiger partial charge is 0.385 e. The van der Waals surface area contributed by atoms with Crippen LogP contribution in [0.1, 0.15) is 79.4 Å². The second kappa shape index (κ2) is 12.6. The van der Waals surface area contributed by atoms with Crippen LogP contribution in [0.15, 0.2) is 48.5 Å². The van der Waals surface area contributed by atoms with E-state index in [-0.39, 0.29) is 23.6 Å². The van der Waals surface area contributed by atoms with Crippen molar-refractivity contribution in [3.05, 3.63) is 70.8 Å². The lowest BCUT2D eigenvalue weighted by molar-refractivity contribution is -0.143. The van der Waals surface area contributed by atoms with Crippen molar-refractivity contribution < 1.29 is 19.1 Å². The van der Waals surface area contributed by atoms with E-state index in [1.165, 1.54) is 5.56 Å². The quantitative estimate of drug-likeness (QED) is 0.474. The molecule has 2 aromatic carbocycles. The Morgan fingerprint density at radius 1 is 1.11 bits per heavy atom. The van der Waals surface area contributed by atoms with Crippen LogP contribution in [0.25, 0.3) is 0 Å². The van der Waals surface area contributed by atoms with Crippen LogP contribution in [0, 0.1) is 5.92 Å². The Kier molecular flexibility index (Phi) is 9.21. The SMILES string of the molecule is CCC(CCOC)c1ccc(CNC(=O)C2CCCN2C(=O)C(C(C)C)N2Cc3ccccc3C2=O)cc1. The van der Waals surface area contributed by atoms with Gasteiger partial charge in [0.2, 0.25) is 11.8 Å². The number of methoxy groups -OCH3 is 1. The Morgan fingerprint density at radius 2 is 1.84 bits per heavy atom. The molecule has 2 aromatic rings. The molecule has 7 nitrogen and oxygen atoms in total. The van der Waals surface area contributed by atoms with Gasteiger partial charge in [0.1, 0.15) is 12.1 Å². The van der Waals surface area contributed by atoms with E-state index in [2.05, 4.69) is 36.5 Å². The monoisotopic (exact) mass is 519 g/mol. The summed E-state index contributed by atoms with van der Waals surface area (Å²) in [5.41, 5.74) is 3.92. The number of benzene rings is 2. The molecule has 0 aliphatic carbocycles. The Hall–Kier alpha value is -3.19. The van der Waals surface area contributed by atoms with Gasteiger partial charge in [-0.15, -0.1) is 0 Å². The van der Waals surface area contributed by atoms with Gasteiger partial charge >= 0.3 is 0 Å². The maximum atomic E-state index is 13.8. The molecule has 0 radical (unpaired) electrons. The van der Waals surface area contributed by atoms with Crippen LogP contribution in [-0.4, -0.2) is 59.9 Å². The van der Waals surface area contributed by atoms with Gasteiger partial charge in [-0.2, -0.15) is 0 Å². The number of hydrogen-bond donors (Lipinski definition) is 1. The standard InChI is InChI=1S/C31H41N3O4/c1-5-23(16-18-38-4)24-14-12-22(13-15-24)19-32-29(35)27-11-8-17-33(27)31(37)28(21(2)3)34-20-25-9-6-7-10-26(25)30(34)36/h6-7,9-10,12-15,21,23,27-28H,5,8,11,16-20H2,1-4H3,(H,32,35). The van der Waals surface area contributed by atoms with Crippen molar-refractivity contribution in [2.45, 2.75) is 77.5 Å². The smallest absolute Gasteiger partial charge is 0.255 e. The first kappa shape index (κ1) is 27.8. The van der Waals surface area contributed by atoms with Crippen LogP contribution in [0.5, 0.6) is 0 Å². The molecule has 0 spiro atoms. The zero-order valence-electron chi connectivity index (χ0n) is 23.1. The van der Waals surface area contributed by atoms with Crippen molar-refractivity contribution >= 4 is 17.7 Å². The highest BCUT2D eigenvalue weighted by Gasteiger charge is 2.43. The van der Waals surface area contributed by atoms with E-state index in [1.807, 2.05) is 38.1 Å². The van der Waals surface area contributed by atoms with Crippen LogP contribution in [0.2, 0.25) is 0 Å². The summed E-state index contributed by atoms with van der Waals surface area (Å²) in [7, 11) is 1.73. The third-order valence-corrected chi connectivity index (χ3v) is 7.99. The zero-order chi connectivity index (χ0) is 27.2. The maximum absolute atomic E-state index is 13.8. The van der Waals surface area contributed by atoms with Crippen molar-refractivity contribution in [3.63, 3.8) is 0 Å². The second-order valence-corrected chi connectivity index (χ2v) is 10.8. The van der Waals surface area contributed by atoms with Crippen molar-refractivity contribution in [2.24, 2.45) is 5.92 Å². The van der Waals surface area contributed by atoms with Gasteiger partial charge in [0.05, 0.1) is 0 Å². The number of amides is 3. The predicted molar refractivity (Wildman–Crippen MR) is 147 cm³/mol. The first-order chi connectivity index (χ1) is 18.3. The van der Waals surface area contributed by atoms with Crippen molar-refractivity contribution in [1.82, 2.24) is 15.1 Å². The first-order valence-electron chi connectivity index (χ1n) is 13.9. The second-order valence-electron chi connectivity index (χ2n) is 10.8. The summed E-state index contributed by atoms with van der Waals surface area (Å²) in [6.07, 6.45) is 3.45. The van der Waals surface area contributed by atoms with Gasteiger partial charge in [-0.3, -0.25) is 14.4 Å². The highest BCUT2D eigenvalue weighted by molar-refractivity contribution is 6.01. The number of nitrogens with zero attached hydrogens (tertiary/aromatic N) is 2. The van der Waals surface area contributed by atoms with Gasteiger partial charge < -0.3 is 19.9 Å². The van der Waals surface area contributed by atoms with Crippen LogP contribution in [-0.2, 0) is 27.4 Å². The summed E-state index contributed by atoms with van der Waals surface area (Å²) in [5, 5.41) is 3.05. The fourth-order valence-corrected chi connectivity index (χ4v) is 5.83. The highest BCUT2D eigenvalue weighted by atomic mass is 16.5. The van der Waals surface area contributed by atoms with Gasteiger partial charge in [-0.1, -0.05) is 63.2 Å². The highest BCUT2D eigenvalue weighted by Crippen LogP contribution is 2.30. The molecule has 204 valence electrons. The lowest BCUT2D eigenvalue weighted by Crippen LogP contribution is -2.55. The van der Waals surface area contributed by atoms with E-state index < -0.39 is 12.1 Å². The third kappa shape index (κ3) is 5.93. The molecular weight excluding hydrogens is 478 g/mol. The lowest BCUT2D eigenvalue weighted by Gasteiger charge is -2.35. The maximum Gasteiger partial charge on any atom is 0.255 e. The van der Waals surface area contributed by atoms with Gasteiger partial charge in [0, 0.05) is 38.9 Å².